The van der Waals surface area contributed by atoms with E-state index in [0.29, 0.717) is 6.07 Å². The minimum Gasteiger partial charge on any atom is -0.319 e. The second kappa shape index (κ2) is 6.81. The molecular formula is C16H11F2N3O3S. The average molecular weight is 363 g/mol. The van der Waals surface area contributed by atoms with Crippen molar-refractivity contribution >= 4 is 22.9 Å². The Labute approximate surface area is 143 Å². The second-order valence-electron chi connectivity index (χ2n) is 5.06. The molecule has 1 amide bonds. The van der Waals surface area contributed by atoms with E-state index in [1.165, 1.54) is 11.3 Å². The molecule has 0 aliphatic heterocycles. The van der Waals surface area contributed by atoms with E-state index in [0.717, 1.165) is 27.8 Å². The van der Waals surface area contributed by atoms with Gasteiger partial charge in [-0.25, -0.2) is 13.6 Å². The lowest BCUT2D eigenvalue weighted by atomic mass is 10.2. The van der Waals surface area contributed by atoms with Crippen LogP contribution in [0.1, 0.15) is 15.2 Å². The van der Waals surface area contributed by atoms with Gasteiger partial charge >= 0.3 is 5.69 Å². The van der Waals surface area contributed by atoms with E-state index in [4.69, 9.17) is 0 Å². The lowest BCUT2D eigenvalue weighted by Gasteiger charge is -2.08. The van der Waals surface area contributed by atoms with Crippen LogP contribution in [0.2, 0.25) is 0 Å². The maximum absolute atomic E-state index is 13.6. The summed E-state index contributed by atoms with van der Waals surface area (Å²) < 4.78 is 27.4. The first kappa shape index (κ1) is 16.8. The standard InChI is InChI=1S/C16H11F2N3O3S/c17-9-3-4-13(12(18)6-9)20-14(22)11-7-19-16(24)21(15(11)23)8-10-2-1-5-25-10/h1-7H,8H2,(H,19,24)(H,20,22). The van der Waals surface area contributed by atoms with E-state index >= 15 is 0 Å². The van der Waals surface area contributed by atoms with E-state index in [2.05, 4.69) is 10.3 Å². The maximum atomic E-state index is 13.6. The van der Waals surface area contributed by atoms with Crippen molar-refractivity contribution in [3.8, 4) is 0 Å². The van der Waals surface area contributed by atoms with Crippen molar-refractivity contribution in [2.75, 3.05) is 5.32 Å². The molecule has 0 atom stereocenters. The number of benzene rings is 1. The van der Waals surface area contributed by atoms with Gasteiger partial charge in [0, 0.05) is 17.1 Å². The fourth-order valence-corrected chi connectivity index (χ4v) is 2.85. The number of hydrogen-bond acceptors (Lipinski definition) is 4. The van der Waals surface area contributed by atoms with Crippen LogP contribution in [0, 0.1) is 11.6 Å². The molecule has 128 valence electrons. The molecule has 1 aromatic carbocycles. The zero-order valence-electron chi connectivity index (χ0n) is 12.6. The predicted octanol–water partition coefficient (Wildman–Crippen LogP) is 2.18. The smallest absolute Gasteiger partial charge is 0.319 e. The molecule has 0 radical (unpaired) electrons. The van der Waals surface area contributed by atoms with Gasteiger partial charge in [-0.2, -0.15) is 0 Å². The molecule has 3 rings (SSSR count). The molecule has 2 aromatic heterocycles. The molecule has 0 bridgehead atoms. The van der Waals surface area contributed by atoms with Crippen molar-refractivity contribution in [3.05, 3.63) is 84.8 Å². The summed E-state index contributed by atoms with van der Waals surface area (Å²) in [6, 6.07) is 6.14. The van der Waals surface area contributed by atoms with E-state index in [-0.39, 0.29) is 17.8 Å². The fraction of sp³-hybridized carbons (Fsp3) is 0.0625. The summed E-state index contributed by atoms with van der Waals surface area (Å²) in [6.07, 6.45) is 0.965. The molecule has 0 unspecified atom stereocenters. The molecule has 6 nitrogen and oxygen atoms in total. The molecule has 0 aliphatic rings. The minimum absolute atomic E-state index is 0.0118. The Bertz CT molecular complexity index is 1040. The van der Waals surface area contributed by atoms with Crippen molar-refractivity contribution < 1.29 is 13.6 Å². The van der Waals surface area contributed by atoms with Crippen molar-refractivity contribution in [2.24, 2.45) is 0 Å². The highest BCUT2D eigenvalue weighted by Gasteiger charge is 2.17. The molecule has 0 saturated heterocycles. The summed E-state index contributed by atoms with van der Waals surface area (Å²) in [5.74, 6) is -2.68. The first-order valence-corrected chi connectivity index (χ1v) is 7.95. The molecular weight excluding hydrogens is 352 g/mol. The largest absolute Gasteiger partial charge is 0.328 e. The van der Waals surface area contributed by atoms with Crippen LogP contribution in [0.4, 0.5) is 14.5 Å². The number of halogens is 2. The van der Waals surface area contributed by atoms with Crippen LogP contribution >= 0.6 is 11.3 Å². The number of nitrogens with zero attached hydrogens (tertiary/aromatic N) is 1. The Kier molecular flexibility index (Phi) is 4.57. The zero-order chi connectivity index (χ0) is 18.0. The highest BCUT2D eigenvalue weighted by Crippen LogP contribution is 2.15. The lowest BCUT2D eigenvalue weighted by Crippen LogP contribution is -2.39. The lowest BCUT2D eigenvalue weighted by molar-refractivity contribution is 0.102. The summed E-state index contributed by atoms with van der Waals surface area (Å²) >= 11 is 1.36. The van der Waals surface area contributed by atoms with Crippen LogP contribution in [-0.2, 0) is 6.54 Å². The van der Waals surface area contributed by atoms with E-state index in [9.17, 15) is 23.2 Å². The fourth-order valence-electron chi connectivity index (χ4n) is 2.16. The summed E-state index contributed by atoms with van der Waals surface area (Å²) in [7, 11) is 0. The summed E-state index contributed by atoms with van der Waals surface area (Å²) in [6.45, 7) is 0.0118. The van der Waals surface area contributed by atoms with Gasteiger partial charge in [0.2, 0.25) is 0 Å². The van der Waals surface area contributed by atoms with Crippen molar-refractivity contribution in [2.45, 2.75) is 6.54 Å². The third-order valence-corrected chi connectivity index (χ3v) is 4.24. The van der Waals surface area contributed by atoms with Gasteiger partial charge < -0.3 is 10.3 Å². The zero-order valence-corrected chi connectivity index (χ0v) is 13.4. The highest BCUT2D eigenvalue weighted by atomic mass is 32.1. The number of anilines is 1. The molecule has 2 N–H and O–H groups in total. The second-order valence-corrected chi connectivity index (χ2v) is 6.09. The quantitative estimate of drug-likeness (QED) is 0.745. The van der Waals surface area contributed by atoms with Crippen LogP contribution in [0.25, 0.3) is 0 Å². The van der Waals surface area contributed by atoms with Crippen LogP contribution in [-0.4, -0.2) is 15.5 Å². The number of aromatic nitrogens is 2. The van der Waals surface area contributed by atoms with Gasteiger partial charge in [0.05, 0.1) is 12.2 Å². The molecule has 0 saturated carbocycles. The maximum Gasteiger partial charge on any atom is 0.328 e. The molecule has 0 spiro atoms. The first-order valence-electron chi connectivity index (χ1n) is 7.07. The highest BCUT2D eigenvalue weighted by molar-refractivity contribution is 7.09. The van der Waals surface area contributed by atoms with Gasteiger partial charge in [-0.1, -0.05) is 6.07 Å². The number of amides is 1. The molecule has 0 aliphatic carbocycles. The number of thiophene rings is 1. The normalized spacial score (nSPS) is 10.6. The Morgan fingerprint density at radius 2 is 2.04 bits per heavy atom. The number of carbonyl (C=O) groups excluding carboxylic acids is 1. The van der Waals surface area contributed by atoms with E-state index < -0.39 is 28.8 Å². The molecule has 25 heavy (non-hydrogen) atoms. The molecule has 2 heterocycles. The number of nitrogens with one attached hydrogen (secondary N) is 2. The summed E-state index contributed by atoms with van der Waals surface area (Å²) in [5.41, 5.74) is -2.11. The van der Waals surface area contributed by atoms with Crippen molar-refractivity contribution in [1.82, 2.24) is 9.55 Å². The Balaban J connectivity index is 1.93. The minimum atomic E-state index is -0.975. The third-order valence-electron chi connectivity index (χ3n) is 3.38. The van der Waals surface area contributed by atoms with Crippen molar-refractivity contribution in [3.63, 3.8) is 0 Å². The number of rotatable bonds is 4. The molecule has 0 fully saturated rings. The summed E-state index contributed by atoms with van der Waals surface area (Å²) in [4.78, 5) is 39.6. The average Bonchev–Trinajstić information content (AvgIpc) is 3.07. The van der Waals surface area contributed by atoms with Gasteiger partial charge in [0.1, 0.15) is 17.2 Å². The first-order chi connectivity index (χ1) is 12.0. The number of aromatic amines is 1. The third kappa shape index (κ3) is 3.56. The van der Waals surface area contributed by atoms with Crippen LogP contribution in [0.15, 0.2) is 51.5 Å². The SMILES string of the molecule is O=C(Nc1ccc(F)cc1F)c1c[nH]c(=O)n(Cc2cccs2)c1=O. The van der Waals surface area contributed by atoms with E-state index in [1.54, 1.807) is 17.5 Å². The van der Waals surface area contributed by atoms with Crippen LogP contribution in [0.5, 0.6) is 0 Å². The van der Waals surface area contributed by atoms with Crippen LogP contribution in [0.3, 0.4) is 0 Å². The topological polar surface area (TPSA) is 84.0 Å². The Morgan fingerprint density at radius 3 is 2.72 bits per heavy atom. The van der Waals surface area contributed by atoms with E-state index in [1.807, 2.05) is 0 Å². The van der Waals surface area contributed by atoms with Gasteiger partial charge in [-0.05, 0) is 23.6 Å². The van der Waals surface area contributed by atoms with Gasteiger partial charge in [-0.3, -0.25) is 14.2 Å². The monoisotopic (exact) mass is 363 g/mol. The van der Waals surface area contributed by atoms with Crippen LogP contribution < -0.4 is 16.6 Å². The van der Waals surface area contributed by atoms with Gasteiger partial charge in [-0.15, -0.1) is 11.3 Å². The summed E-state index contributed by atoms with van der Waals surface area (Å²) in [5, 5.41) is 3.98. The number of carbonyl (C=O) groups is 1. The number of H-pyrrole nitrogens is 1. The number of hydrogen-bond donors (Lipinski definition) is 2. The Morgan fingerprint density at radius 1 is 1.24 bits per heavy atom. The van der Waals surface area contributed by atoms with Gasteiger partial charge in [0.15, 0.2) is 0 Å². The van der Waals surface area contributed by atoms with Gasteiger partial charge in [0.25, 0.3) is 11.5 Å². The van der Waals surface area contributed by atoms with Crippen molar-refractivity contribution in [1.29, 1.82) is 0 Å². The molecule has 3 aromatic rings. The predicted molar refractivity (Wildman–Crippen MR) is 89.1 cm³/mol. The Hall–Kier alpha value is -3.07. The molecule has 9 heteroatoms.